The van der Waals surface area contributed by atoms with Gasteiger partial charge in [0.05, 0.1) is 20.2 Å². The zero-order valence-electron chi connectivity index (χ0n) is 15.8. The summed E-state index contributed by atoms with van der Waals surface area (Å²) in [5, 5.41) is 2.92. The SMILES string of the molecule is COc1ccc(OCCNC(=O)CN(Cc2ccccc2)C(C)C)cc1. The summed E-state index contributed by atoms with van der Waals surface area (Å²) in [6, 6.07) is 17.9. The third-order valence-electron chi connectivity index (χ3n) is 4.06. The lowest BCUT2D eigenvalue weighted by atomic mass is 10.2. The third kappa shape index (κ3) is 6.76. The lowest BCUT2D eigenvalue weighted by Gasteiger charge is -2.25. The number of amides is 1. The molecule has 0 spiro atoms. The largest absolute Gasteiger partial charge is 0.497 e. The fourth-order valence-electron chi connectivity index (χ4n) is 2.51. The first kappa shape index (κ1) is 19.8. The van der Waals surface area contributed by atoms with E-state index in [1.807, 2.05) is 42.5 Å². The summed E-state index contributed by atoms with van der Waals surface area (Å²) < 4.78 is 10.7. The molecule has 1 amide bonds. The number of ether oxygens (including phenoxy) is 2. The van der Waals surface area contributed by atoms with E-state index in [1.165, 1.54) is 5.56 Å². The number of carbonyl (C=O) groups is 1. The van der Waals surface area contributed by atoms with E-state index in [1.54, 1.807) is 7.11 Å². The molecule has 26 heavy (non-hydrogen) atoms. The molecule has 0 saturated heterocycles. The molecule has 0 saturated carbocycles. The molecule has 0 aliphatic carbocycles. The average Bonchev–Trinajstić information content (AvgIpc) is 2.66. The Labute approximate surface area is 155 Å². The Kier molecular flexibility index (Phi) is 7.96. The van der Waals surface area contributed by atoms with E-state index in [0.717, 1.165) is 18.0 Å². The van der Waals surface area contributed by atoms with Gasteiger partial charge in [-0.15, -0.1) is 0 Å². The molecule has 2 aromatic rings. The van der Waals surface area contributed by atoms with E-state index >= 15 is 0 Å². The van der Waals surface area contributed by atoms with Crippen LogP contribution in [0.2, 0.25) is 0 Å². The van der Waals surface area contributed by atoms with Crippen LogP contribution < -0.4 is 14.8 Å². The Morgan fingerprint density at radius 2 is 1.69 bits per heavy atom. The van der Waals surface area contributed by atoms with Crippen molar-refractivity contribution in [1.82, 2.24) is 10.2 Å². The van der Waals surface area contributed by atoms with Crippen LogP contribution in [0.4, 0.5) is 0 Å². The van der Waals surface area contributed by atoms with Gasteiger partial charge in [0.25, 0.3) is 0 Å². The van der Waals surface area contributed by atoms with Crippen LogP contribution in [0.3, 0.4) is 0 Å². The van der Waals surface area contributed by atoms with Crippen LogP contribution in [0, 0.1) is 0 Å². The van der Waals surface area contributed by atoms with Crippen LogP contribution in [0.5, 0.6) is 11.5 Å². The Balaban J connectivity index is 1.72. The minimum absolute atomic E-state index is 0.00737. The highest BCUT2D eigenvalue weighted by Gasteiger charge is 2.14. The molecule has 0 heterocycles. The zero-order valence-corrected chi connectivity index (χ0v) is 15.8. The molecule has 0 aliphatic rings. The van der Waals surface area contributed by atoms with E-state index < -0.39 is 0 Å². The van der Waals surface area contributed by atoms with Gasteiger partial charge in [-0.2, -0.15) is 0 Å². The van der Waals surface area contributed by atoms with Gasteiger partial charge in [0.15, 0.2) is 0 Å². The predicted octanol–water partition coefficient (Wildman–Crippen LogP) is 3.10. The van der Waals surface area contributed by atoms with Gasteiger partial charge in [0.1, 0.15) is 18.1 Å². The molecule has 0 fully saturated rings. The average molecular weight is 356 g/mol. The molecule has 140 valence electrons. The van der Waals surface area contributed by atoms with Crippen LogP contribution in [0.25, 0.3) is 0 Å². The number of rotatable bonds is 10. The van der Waals surface area contributed by atoms with Gasteiger partial charge < -0.3 is 14.8 Å². The molecule has 0 radical (unpaired) electrons. The maximum Gasteiger partial charge on any atom is 0.234 e. The van der Waals surface area contributed by atoms with Crippen molar-refractivity contribution in [2.24, 2.45) is 0 Å². The topological polar surface area (TPSA) is 50.8 Å². The molecule has 2 aromatic carbocycles. The second-order valence-electron chi connectivity index (χ2n) is 6.36. The number of benzene rings is 2. The summed E-state index contributed by atoms with van der Waals surface area (Å²) in [5.74, 6) is 1.55. The first-order valence-electron chi connectivity index (χ1n) is 8.90. The van der Waals surface area contributed by atoms with Gasteiger partial charge in [-0.3, -0.25) is 9.69 Å². The maximum absolute atomic E-state index is 12.2. The molecular formula is C21H28N2O3. The van der Waals surface area contributed by atoms with E-state index in [2.05, 4.69) is 36.2 Å². The number of nitrogens with zero attached hydrogens (tertiary/aromatic N) is 1. The normalized spacial score (nSPS) is 10.8. The third-order valence-corrected chi connectivity index (χ3v) is 4.06. The summed E-state index contributed by atoms with van der Waals surface area (Å²) in [4.78, 5) is 14.4. The van der Waals surface area contributed by atoms with Crippen LogP contribution >= 0.6 is 0 Å². The van der Waals surface area contributed by atoms with Crippen molar-refractivity contribution in [3.8, 4) is 11.5 Å². The van der Waals surface area contributed by atoms with Crippen molar-refractivity contribution in [3.63, 3.8) is 0 Å². The minimum Gasteiger partial charge on any atom is -0.497 e. The van der Waals surface area contributed by atoms with E-state index in [-0.39, 0.29) is 11.9 Å². The highest BCUT2D eigenvalue weighted by atomic mass is 16.5. The van der Waals surface area contributed by atoms with Crippen LogP contribution in [0.1, 0.15) is 19.4 Å². The van der Waals surface area contributed by atoms with Gasteiger partial charge in [0.2, 0.25) is 5.91 Å². The van der Waals surface area contributed by atoms with Crippen molar-refractivity contribution in [2.45, 2.75) is 26.4 Å². The molecule has 0 unspecified atom stereocenters. The Morgan fingerprint density at radius 3 is 2.31 bits per heavy atom. The van der Waals surface area contributed by atoms with Crippen molar-refractivity contribution in [1.29, 1.82) is 0 Å². The maximum atomic E-state index is 12.2. The van der Waals surface area contributed by atoms with Crippen molar-refractivity contribution in [3.05, 3.63) is 60.2 Å². The zero-order chi connectivity index (χ0) is 18.8. The quantitative estimate of drug-likeness (QED) is 0.665. The first-order valence-corrected chi connectivity index (χ1v) is 8.90. The number of methoxy groups -OCH3 is 1. The van der Waals surface area contributed by atoms with Gasteiger partial charge in [-0.1, -0.05) is 30.3 Å². The number of hydrogen-bond donors (Lipinski definition) is 1. The van der Waals surface area contributed by atoms with Crippen LogP contribution in [-0.4, -0.2) is 43.7 Å². The fourth-order valence-corrected chi connectivity index (χ4v) is 2.51. The van der Waals surface area contributed by atoms with Crippen molar-refractivity contribution < 1.29 is 14.3 Å². The number of nitrogens with one attached hydrogen (secondary N) is 1. The molecule has 1 N–H and O–H groups in total. The summed E-state index contributed by atoms with van der Waals surface area (Å²) >= 11 is 0. The molecule has 2 rings (SSSR count). The van der Waals surface area contributed by atoms with E-state index in [0.29, 0.717) is 19.7 Å². The second kappa shape index (κ2) is 10.5. The fraction of sp³-hybridized carbons (Fsp3) is 0.381. The summed E-state index contributed by atoms with van der Waals surface area (Å²) in [7, 11) is 1.63. The molecule has 0 aliphatic heterocycles. The van der Waals surface area contributed by atoms with E-state index in [4.69, 9.17) is 9.47 Å². The summed E-state index contributed by atoms with van der Waals surface area (Å²) in [6.45, 7) is 6.23. The predicted molar refractivity (Wildman–Crippen MR) is 103 cm³/mol. The second-order valence-corrected chi connectivity index (χ2v) is 6.36. The van der Waals surface area contributed by atoms with Crippen LogP contribution in [0.15, 0.2) is 54.6 Å². The minimum atomic E-state index is 0.00737. The van der Waals surface area contributed by atoms with Gasteiger partial charge >= 0.3 is 0 Å². The Bertz CT molecular complexity index is 657. The smallest absolute Gasteiger partial charge is 0.234 e. The summed E-state index contributed by atoms with van der Waals surface area (Å²) in [5.41, 5.74) is 1.21. The van der Waals surface area contributed by atoms with E-state index in [9.17, 15) is 4.79 Å². The highest BCUT2D eigenvalue weighted by molar-refractivity contribution is 5.78. The Morgan fingerprint density at radius 1 is 1.04 bits per heavy atom. The molecule has 0 bridgehead atoms. The molecule has 0 atom stereocenters. The van der Waals surface area contributed by atoms with Gasteiger partial charge in [0, 0.05) is 12.6 Å². The number of hydrogen-bond acceptors (Lipinski definition) is 4. The van der Waals surface area contributed by atoms with Crippen LogP contribution in [-0.2, 0) is 11.3 Å². The van der Waals surface area contributed by atoms with Crippen molar-refractivity contribution in [2.75, 3.05) is 26.8 Å². The lowest BCUT2D eigenvalue weighted by Crippen LogP contribution is -2.41. The molecule has 5 heteroatoms. The molecular weight excluding hydrogens is 328 g/mol. The lowest BCUT2D eigenvalue weighted by molar-refractivity contribution is -0.122. The van der Waals surface area contributed by atoms with Gasteiger partial charge in [-0.05, 0) is 43.7 Å². The molecule has 5 nitrogen and oxygen atoms in total. The molecule has 0 aromatic heterocycles. The van der Waals surface area contributed by atoms with Gasteiger partial charge in [-0.25, -0.2) is 0 Å². The standard InChI is InChI=1S/C21H28N2O3/c1-17(2)23(15-18-7-5-4-6-8-18)16-21(24)22-13-14-26-20-11-9-19(25-3)10-12-20/h4-12,17H,13-16H2,1-3H3,(H,22,24). The Hall–Kier alpha value is -2.53. The monoisotopic (exact) mass is 356 g/mol. The van der Waals surface area contributed by atoms with Crippen molar-refractivity contribution >= 4 is 5.91 Å². The number of carbonyl (C=O) groups excluding carboxylic acids is 1. The highest BCUT2D eigenvalue weighted by Crippen LogP contribution is 2.16. The first-order chi connectivity index (χ1) is 12.6. The summed E-state index contributed by atoms with van der Waals surface area (Å²) in [6.07, 6.45) is 0.